The molecule has 0 amide bonds. The van der Waals surface area contributed by atoms with Crippen molar-refractivity contribution in [3.05, 3.63) is 48.3 Å². The Morgan fingerprint density at radius 3 is 2.57 bits per heavy atom. The zero-order valence-corrected chi connectivity index (χ0v) is 7.51. The van der Waals surface area contributed by atoms with Crippen molar-refractivity contribution < 1.29 is 0 Å². The van der Waals surface area contributed by atoms with Crippen LogP contribution in [0.3, 0.4) is 0 Å². The Kier molecular flexibility index (Phi) is 2.24. The summed E-state index contributed by atoms with van der Waals surface area (Å²) in [6.07, 6.45) is 6.93. The Morgan fingerprint density at radius 2 is 1.86 bits per heavy atom. The summed E-state index contributed by atoms with van der Waals surface area (Å²) >= 11 is 0. The van der Waals surface area contributed by atoms with Crippen molar-refractivity contribution in [2.45, 2.75) is 0 Å². The third-order valence-corrected chi connectivity index (χ3v) is 1.84. The Morgan fingerprint density at radius 1 is 1.07 bits per heavy atom. The van der Waals surface area contributed by atoms with Gasteiger partial charge in [0.2, 0.25) is 0 Å². The lowest BCUT2D eigenvalue weighted by atomic mass is 10.2. The van der Waals surface area contributed by atoms with Crippen molar-refractivity contribution in [1.29, 1.82) is 0 Å². The van der Waals surface area contributed by atoms with Gasteiger partial charge in [0.1, 0.15) is 5.69 Å². The molecule has 1 aromatic heterocycles. The number of hydrogen-bond donors (Lipinski definition) is 0. The van der Waals surface area contributed by atoms with Crippen molar-refractivity contribution in [3.63, 3.8) is 0 Å². The highest BCUT2D eigenvalue weighted by Gasteiger charge is 1.99. The van der Waals surface area contributed by atoms with Gasteiger partial charge in [0.15, 0.2) is 5.82 Å². The fourth-order valence-electron chi connectivity index (χ4n) is 1.17. The molecule has 2 rings (SSSR count). The molecule has 1 heterocycles. The van der Waals surface area contributed by atoms with Crippen LogP contribution in [0.15, 0.2) is 42.6 Å². The van der Waals surface area contributed by atoms with Crippen LogP contribution in [-0.4, -0.2) is 9.97 Å². The molecular weight excluding hydrogens is 172 g/mol. The second-order valence-electron chi connectivity index (χ2n) is 2.78. The van der Waals surface area contributed by atoms with E-state index in [1.54, 1.807) is 12.3 Å². The maximum Gasteiger partial charge on any atom is 0.160 e. The number of hydrogen-bond acceptors (Lipinski definition) is 2. The Balaban J connectivity index is 2.49. The highest BCUT2D eigenvalue weighted by Crippen LogP contribution is 2.12. The highest BCUT2D eigenvalue weighted by molar-refractivity contribution is 5.54. The molecule has 0 saturated heterocycles. The van der Waals surface area contributed by atoms with Gasteiger partial charge in [-0.2, -0.15) is 0 Å². The average Bonchev–Trinajstić information content (AvgIpc) is 2.30. The van der Waals surface area contributed by atoms with Gasteiger partial charge in [-0.3, -0.25) is 0 Å². The van der Waals surface area contributed by atoms with E-state index in [4.69, 9.17) is 6.42 Å². The van der Waals surface area contributed by atoms with E-state index in [0.717, 1.165) is 5.56 Å². The van der Waals surface area contributed by atoms with Gasteiger partial charge in [-0.05, 0) is 6.07 Å². The molecule has 2 heteroatoms. The van der Waals surface area contributed by atoms with Crippen molar-refractivity contribution in [1.82, 2.24) is 9.97 Å². The molecule has 0 radical (unpaired) electrons. The van der Waals surface area contributed by atoms with Crippen LogP contribution < -0.4 is 0 Å². The van der Waals surface area contributed by atoms with E-state index in [2.05, 4.69) is 15.9 Å². The molecule has 2 aromatic rings. The lowest BCUT2D eigenvalue weighted by Crippen LogP contribution is -1.90. The first-order chi connectivity index (χ1) is 6.90. The van der Waals surface area contributed by atoms with Crippen molar-refractivity contribution in [2.24, 2.45) is 0 Å². The molecule has 0 bridgehead atoms. The minimum atomic E-state index is 0.610. The lowest BCUT2D eigenvalue weighted by Gasteiger charge is -1.98. The quantitative estimate of drug-likeness (QED) is 0.628. The van der Waals surface area contributed by atoms with Crippen LogP contribution in [-0.2, 0) is 0 Å². The Labute approximate surface area is 82.7 Å². The highest BCUT2D eigenvalue weighted by atomic mass is 14.9. The minimum Gasteiger partial charge on any atom is -0.236 e. The van der Waals surface area contributed by atoms with Crippen molar-refractivity contribution in [2.75, 3.05) is 0 Å². The summed E-state index contributed by atoms with van der Waals surface area (Å²) < 4.78 is 0. The maximum absolute atomic E-state index is 5.26. The Bertz CT molecular complexity index is 469. The molecule has 0 aliphatic heterocycles. The first-order valence-corrected chi connectivity index (χ1v) is 4.25. The van der Waals surface area contributed by atoms with E-state index in [9.17, 15) is 0 Å². The molecule has 0 saturated carbocycles. The molecule has 0 aliphatic carbocycles. The van der Waals surface area contributed by atoms with Crippen LogP contribution >= 0.6 is 0 Å². The third-order valence-electron chi connectivity index (χ3n) is 1.84. The molecule has 0 N–H and O–H groups in total. The van der Waals surface area contributed by atoms with Crippen LogP contribution in [0.25, 0.3) is 11.4 Å². The number of terminal acetylenes is 1. The van der Waals surface area contributed by atoms with Gasteiger partial charge in [-0.15, -0.1) is 6.42 Å². The van der Waals surface area contributed by atoms with Crippen molar-refractivity contribution >= 4 is 0 Å². The molecule has 0 spiro atoms. The summed E-state index contributed by atoms with van der Waals surface area (Å²) in [4.78, 5) is 8.37. The van der Waals surface area contributed by atoms with Crippen LogP contribution in [0.1, 0.15) is 5.69 Å². The molecule has 0 fully saturated rings. The molecule has 0 unspecified atom stereocenters. The standard InChI is InChI=1S/C12H8N2/c1-2-11-8-9-13-12(14-11)10-6-4-3-5-7-10/h1,3-9H. The van der Waals surface area contributed by atoms with Gasteiger partial charge < -0.3 is 0 Å². The molecule has 0 aliphatic rings. The SMILES string of the molecule is C#Cc1ccnc(-c2ccccc2)n1. The molecule has 2 nitrogen and oxygen atoms in total. The second-order valence-corrected chi connectivity index (χ2v) is 2.78. The van der Waals surface area contributed by atoms with Crippen LogP contribution in [0, 0.1) is 12.3 Å². The third kappa shape index (κ3) is 1.62. The van der Waals surface area contributed by atoms with E-state index in [0.29, 0.717) is 11.5 Å². The molecule has 0 atom stereocenters. The number of nitrogens with zero attached hydrogens (tertiary/aromatic N) is 2. The maximum atomic E-state index is 5.26. The van der Waals surface area contributed by atoms with Gasteiger partial charge in [0, 0.05) is 11.8 Å². The zero-order valence-electron chi connectivity index (χ0n) is 7.51. The van der Waals surface area contributed by atoms with Gasteiger partial charge in [0.25, 0.3) is 0 Å². The first kappa shape index (κ1) is 8.46. The summed E-state index contributed by atoms with van der Waals surface area (Å²) in [6, 6.07) is 11.5. The Hall–Kier alpha value is -2.14. The van der Waals surface area contributed by atoms with Gasteiger partial charge >= 0.3 is 0 Å². The molecule has 1 aromatic carbocycles. The van der Waals surface area contributed by atoms with E-state index in [-0.39, 0.29) is 0 Å². The van der Waals surface area contributed by atoms with E-state index in [1.807, 2.05) is 30.3 Å². The van der Waals surface area contributed by atoms with Crippen LogP contribution in [0.2, 0.25) is 0 Å². The normalized spacial score (nSPS) is 9.36. The van der Waals surface area contributed by atoms with Crippen LogP contribution in [0.5, 0.6) is 0 Å². The van der Waals surface area contributed by atoms with Gasteiger partial charge in [0.05, 0.1) is 0 Å². The van der Waals surface area contributed by atoms with Crippen molar-refractivity contribution in [3.8, 4) is 23.7 Å². The summed E-state index contributed by atoms with van der Waals surface area (Å²) in [5, 5.41) is 0. The minimum absolute atomic E-state index is 0.610. The number of aromatic nitrogens is 2. The fourth-order valence-corrected chi connectivity index (χ4v) is 1.17. The van der Waals surface area contributed by atoms with Gasteiger partial charge in [-0.25, -0.2) is 9.97 Å². The predicted octanol–water partition coefficient (Wildman–Crippen LogP) is 2.12. The van der Waals surface area contributed by atoms with E-state index >= 15 is 0 Å². The largest absolute Gasteiger partial charge is 0.236 e. The lowest BCUT2D eigenvalue weighted by molar-refractivity contribution is 1.16. The summed E-state index contributed by atoms with van der Waals surface area (Å²) in [5.74, 6) is 3.15. The second kappa shape index (κ2) is 3.71. The molecule has 14 heavy (non-hydrogen) atoms. The number of rotatable bonds is 1. The first-order valence-electron chi connectivity index (χ1n) is 4.25. The van der Waals surface area contributed by atoms with E-state index in [1.165, 1.54) is 0 Å². The van der Waals surface area contributed by atoms with Crippen LogP contribution in [0.4, 0.5) is 0 Å². The fraction of sp³-hybridized carbons (Fsp3) is 0. The van der Waals surface area contributed by atoms with Gasteiger partial charge in [-0.1, -0.05) is 36.3 Å². The summed E-state index contributed by atoms with van der Waals surface area (Å²) in [5.41, 5.74) is 1.59. The molecular formula is C12H8N2. The summed E-state index contributed by atoms with van der Waals surface area (Å²) in [7, 11) is 0. The molecule has 66 valence electrons. The zero-order chi connectivity index (χ0) is 9.80. The predicted molar refractivity (Wildman–Crippen MR) is 55.4 cm³/mol. The average molecular weight is 180 g/mol. The van der Waals surface area contributed by atoms with E-state index < -0.39 is 0 Å². The summed E-state index contributed by atoms with van der Waals surface area (Å²) in [6.45, 7) is 0. The topological polar surface area (TPSA) is 25.8 Å². The smallest absolute Gasteiger partial charge is 0.160 e. The number of benzene rings is 1. The monoisotopic (exact) mass is 180 g/mol.